The molecule has 1 aliphatic rings. The van der Waals surface area contributed by atoms with E-state index in [9.17, 15) is 30.0 Å². The van der Waals surface area contributed by atoms with Crippen molar-refractivity contribution < 1.29 is 39.5 Å². The Balaban J connectivity index is 2.50. The van der Waals surface area contributed by atoms with Gasteiger partial charge in [-0.1, -0.05) is 50.5 Å². The first kappa shape index (κ1) is 27.3. The first-order chi connectivity index (χ1) is 14.8. The fourth-order valence-corrected chi connectivity index (χ4v) is 3.66. The number of unbranched alkanes of at least 4 members (excludes halogenated alkanes) is 2. The highest BCUT2D eigenvalue weighted by atomic mass is 16.6. The van der Waals surface area contributed by atoms with Gasteiger partial charge in [0.1, 0.15) is 6.61 Å². The Morgan fingerprint density at radius 1 is 1.16 bits per heavy atom. The second kappa shape index (κ2) is 15.1. The number of ether oxygens (including phenoxy) is 2. The second-order valence-corrected chi connectivity index (χ2v) is 8.07. The molecule has 0 aromatic carbocycles. The summed E-state index contributed by atoms with van der Waals surface area (Å²) in [5.74, 6) is -1.57. The van der Waals surface area contributed by atoms with E-state index in [0.717, 1.165) is 19.3 Å². The molecule has 0 unspecified atom stereocenters. The van der Waals surface area contributed by atoms with Gasteiger partial charge in [-0.3, -0.25) is 9.59 Å². The first-order valence-electron chi connectivity index (χ1n) is 11.1. The number of aliphatic hydroxyl groups excluding tert-OH is 4. The zero-order valence-electron chi connectivity index (χ0n) is 18.6. The maximum absolute atomic E-state index is 11.9. The number of carbonyl (C=O) groups excluding carboxylic acids is 2. The van der Waals surface area contributed by atoms with Gasteiger partial charge in [-0.25, -0.2) is 0 Å². The molecule has 1 rings (SSSR count). The Bertz CT molecular complexity index is 588. The number of rotatable bonds is 14. The van der Waals surface area contributed by atoms with E-state index in [0.29, 0.717) is 12.8 Å². The molecule has 0 saturated heterocycles. The number of aliphatic hydroxyl groups is 4. The van der Waals surface area contributed by atoms with Gasteiger partial charge in [0.2, 0.25) is 0 Å². The van der Waals surface area contributed by atoms with Crippen molar-refractivity contribution in [1.29, 1.82) is 0 Å². The summed E-state index contributed by atoms with van der Waals surface area (Å²) in [5.41, 5.74) is 0. The third kappa shape index (κ3) is 10.9. The molecule has 1 aliphatic carbocycles. The normalized spacial score (nSPS) is 25.7. The van der Waals surface area contributed by atoms with E-state index in [1.807, 2.05) is 0 Å². The summed E-state index contributed by atoms with van der Waals surface area (Å²) in [6, 6.07) is 0. The van der Waals surface area contributed by atoms with Crippen LogP contribution in [-0.2, 0) is 19.1 Å². The molecule has 0 spiro atoms. The van der Waals surface area contributed by atoms with Crippen LogP contribution in [0.1, 0.15) is 58.8 Å². The quantitative estimate of drug-likeness (QED) is 0.181. The molecular formula is C23H38O8. The van der Waals surface area contributed by atoms with Crippen LogP contribution in [0.5, 0.6) is 0 Å². The molecule has 0 amide bonds. The highest BCUT2D eigenvalue weighted by Gasteiger charge is 2.39. The van der Waals surface area contributed by atoms with Crippen LogP contribution in [0, 0.1) is 11.8 Å². The van der Waals surface area contributed by atoms with E-state index in [1.165, 1.54) is 6.92 Å². The van der Waals surface area contributed by atoms with Crippen molar-refractivity contribution in [2.45, 2.75) is 83.2 Å². The Morgan fingerprint density at radius 3 is 2.55 bits per heavy atom. The summed E-state index contributed by atoms with van der Waals surface area (Å²) >= 11 is 0. The van der Waals surface area contributed by atoms with Crippen molar-refractivity contribution >= 4 is 11.9 Å². The maximum atomic E-state index is 11.9. The summed E-state index contributed by atoms with van der Waals surface area (Å²) in [5, 5.41) is 39.8. The van der Waals surface area contributed by atoms with Crippen LogP contribution in [0.25, 0.3) is 0 Å². The zero-order valence-corrected chi connectivity index (χ0v) is 18.6. The standard InChI is InChI=1S/C23H38O8/c1-3-4-5-8-17(26)11-12-20-19(21(27)13-22(20)28)9-6-7-10-23(29)31-18(14-24)15-30-16(2)25/h6-7,11-12,17-22,24,26-28H,3-5,8-10,13-15H2,1-2H3/b7-6-,12-11+/t17-,18+,19+,20-,21+,22-/m1/s1. The topological polar surface area (TPSA) is 134 Å². The summed E-state index contributed by atoms with van der Waals surface area (Å²) in [6.07, 6.45) is 8.52. The molecule has 8 heteroatoms. The van der Waals surface area contributed by atoms with E-state index in [1.54, 1.807) is 24.3 Å². The number of hydrogen-bond donors (Lipinski definition) is 4. The molecule has 0 aliphatic heterocycles. The second-order valence-electron chi connectivity index (χ2n) is 8.07. The zero-order chi connectivity index (χ0) is 23.2. The minimum atomic E-state index is -0.908. The summed E-state index contributed by atoms with van der Waals surface area (Å²) in [7, 11) is 0. The molecule has 1 fully saturated rings. The summed E-state index contributed by atoms with van der Waals surface area (Å²) in [4.78, 5) is 22.7. The Hall–Kier alpha value is -1.74. The van der Waals surface area contributed by atoms with Crippen molar-refractivity contribution in [1.82, 2.24) is 0 Å². The van der Waals surface area contributed by atoms with Gasteiger partial charge in [-0.2, -0.15) is 0 Å². The molecule has 1 saturated carbocycles. The maximum Gasteiger partial charge on any atom is 0.310 e. The molecule has 0 aromatic heterocycles. The lowest BCUT2D eigenvalue weighted by atomic mass is 9.89. The van der Waals surface area contributed by atoms with E-state index in [-0.39, 0.29) is 31.3 Å². The lowest BCUT2D eigenvalue weighted by Crippen LogP contribution is -2.27. The molecule has 0 bridgehead atoms. The molecule has 6 atom stereocenters. The Labute approximate surface area is 184 Å². The Kier molecular flexibility index (Phi) is 13.3. The van der Waals surface area contributed by atoms with Gasteiger partial charge in [0.05, 0.1) is 31.3 Å². The molecule has 0 aromatic rings. The molecule has 31 heavy (non-hydrogen) atoms. The van der Waals surface area contributed by atoms with Crippen molar-refractivity contribution in [2.24, 2.45) is 11.8 Å². The largest absolute Gasteiger partial charge is 0.462 e. The minimum Gasteiger partial charge on any atom is -0.462 e. The molecule has 0 heterocycles. The van der Waals surface area contributed by atoms with Crippen molar-refractivity contribution in [3.8, 4) is 0 Å². The van der Waals surface area contributed by atoms with Gasteiger partial charge in [-0.15, -0.1) is 0 Å². The molecule has 4 N–H and O–H groups in total. The van der Waals surface area contributed by atoms with Crippen LogP contribution in [0.3, 0.4) is 0 Å². The van der Waals surface area contributed by atoms with Gasteiger partial charge in [0.15, 0.2) is 6.10 Å². The van der Waals surface area contributed by atoms with Gasteiger partial charge in [0, 0.05) is 19.3 Å². The third-order valence-corrected chi connectivity index (χ3v) is 5.41. The molecule has 178 valence electrons. The highest BCUT2D eigenvalue weighted by molar-refractivity contribution is 5.71. The number of esters is 2. The lowest BCUT2D eigenvalue weighted by molar-refractivity contribution is -0.159. The van der Waals surface area contributed by atoms with E-state index >= 15 is 0 Å². The minimum absolute atomic E-state index is 0.0292. The van der Waals surface area contributed by atoms with Crippen LogP contribution in [0.2, 0.25) is 0 Å². The van der Waals surface area contributed by atoms with E-state index in [2.05, 4.69) is 6.92 Å². The van der Waals surface area contributed by atoms with Gasteiger partial charge >= 0.3 is 11.9 Å². The molecule has 0 radical (unpaired) electrons. The molecular weight excluding hydrogens is 404 g/mol. The first-order valence-corrected chi connectivity index (χ1v) is 11.1. The summed E-state index contributed by atoms with van der Waals surface area (Å²) in [6.45, 7) is 2.67. The third-order valence-electron chi connectivity index (χ3n) is 5.41. The van der Waals surface area contributed by atoms with Crippen molar-refractivity contribution in [3.63, 3.8) is 0 Å². The average Bonchev–Trinajstić information content (AvgIpc) is 2.99. The lowest BCUT2D eigenvalue weighted by Gasteiger charge is -2.19. The van der Waals surface area contributed by atoms with Gasteiger partial charge in [0.25, 0.3) is 0 Å². The number of carbonyl (C=O) groups is 2. The smallest absolute Gasteiger partial charge is 0.310 e. The SMILES string of the molecule is CCCCC[C@@H](O)/C=C/[C@@H]1[C@H](C/C=C\CC(=O)O[C@@H](CO)COC(C)=O)[C@@H](O)C[C@H]1O. The van der Waals surface area contributed by atoms with Crippen molar-refractivity contribution in [2.75, 3.05) is 13.2 Å². The monoisotopic (exact) mass is 442 g/mol. The number of hydrogen-bond acceptors (Lipinski definition) is 8. The highest BCUT2D eigenvalue weighted by Crippen LogP contribution is 2.36. The van der Waals surface area contributed by atoms with E-state index in [4.69, 9.17) is 9.47 Å². The average molecular weight is 443 g/mol. The van der Waals surface area contributed by atoms with Crippen LogP contribution < -0.4 is 0 Å². The molecule has 8 nitrogen and oxygen atoms in total. The van der Waals surface area contributed by atoms with Gasteiger partial charge < -0.3 is 29.9 Å². The van der Waals surface area contributed by atoms with Crippen molar-refractivity contribution in [3.05, 3.63) is 24.3 Å². The predicted molar refractivity (Wildman–Crippen MR) is 115 cm³/mol. The fourth-order valence-electron chi connectivity index (χ4n) is 3.66. The van der Waals surface area contributed by atoms with Crippen LogP contribution >= 0.6 is 0 Å². The fraction of sp³-hybridized carbons (Fsp3) is 0.739. The number of allylic oxidation sites excluding steroid dienone is 1. The summed E-state index contributed by atoms with van der Waals surface area (Å²) < 4.78 is 9.76. The predicted octanol–water partition coefficient (Wildman–Crippen LogP) is 1.65. The van der Waals surface area contributed by atoms with Crippen LogP contribution in [-0.4, -0.2) is 70.0 Å². The van der Waals surface area contributed by atoms with E-state index < -0.39 is 43.0 Å². The van der Waals surface area contributed by atoms with Crippen LogP contribution in [0.15, 0.2) is 24.3 Å². The van der Waals surface area contributed by atoms with Crippen LogP contribution in [0.4, 0.5) is 0 Å². The van der Waals surface area contributed by atoms with Gasteiger partial charge in [-0.05, 0) is 18.8 Å². The Morgan fingerprint density at radius 2 is 1.90 bits per heavy atom.